The minimum Gasteiger partial charge on any atom is -0.480 e. The van der Waals surface area contributed by atoms with Crippen LogP contribution in [0.25, 0.3) is 10.9 Å². The Labute approximate surface area is 96.0 Å². The number of carboxylic acid groups (broad SMARTS) is 1. The Morgan fingerprint density at radius 2 is 2.25 bits per heavy atom. The van der Waals surface area contributed by atoms with E-state index in [1.807, 2.05) is 0 Å². The third-order valence-electron chi connectivity index (χ3n) is 2.31. The van der Waals surface area contributed by atoms with Crippen molar-refractivity contribution < 1.29 is 14.7 Å². The highest BCUT2D eigenvalue weighted by atomic mass is 35.5. The molecular formula is C11H8ClNO3. The molecule has 0 atom stereocenters. The number of carbonyl (C=O) groups excluding carboxylic acids is 1. The van der Waals surface area contributed by atoms with Crippen LogP contribution in [-0.4, -0.2) is 21.9 Å². The molecule has 4 nitrogen and oxygen atoms in total. The first-order chi connectivity index (χ1) is 7.61. The fourth-order valence-corrected chi connectivity index (χ4v) is 1.84. The summed E-state index contributed by atoms with van der Waals surface area (Å²) in [5.74, 6) is -0.954. The highest BCUT2D eigenvalue weighted by Gasteiger charge is 2.10. The number of carboxylic acids is 1. The van der Waals surface area contributed by atoms with E-state index in [2.05, 4.69) is 0 Å². The van der Waals surface area contributed by atoms with E-state index in [1.54, 1.807) is 18.2 Å². The molecule has 0 bridgehead atoms. The Bertz CT molecular complexity index is 574. The summed E-state index contributed by atoms with van der Waals surface area (Å²) >= 11 is 5.82. The number of hydrogen-bond donors (Lipinski definition) is 1. The molecule has 0 aliphatic heterocycles. The summed E-state index contributed by atoms with van der Waals surface area (Å²) in [6, 6.07) is 5.02. The smallest absolute Gasteiger partial charge is 0.323 e. The summed E-state index contributed by atoms with van der Waals surface area (Å²) in [5.41, 5.74) is 1.13. The van der Waals surface area contributed by atoms with Crippen LogP contribution in [0.1, 0.15) is 10.4 Å². The second-order valence-corrected chi connectivity index (χ2v) is 3.82. The lowest BCUT2D eigenvalue weighted by molar-refractivity contribution is -0.137. The molecule has 0 unspecified atom stereocenters. The summed E-state index contributed by atoms with van der Waals surface area (Å²) < 4.78 is 1.51. The molecule has 82 valence electrons. The fourth-order valence-electron chi connectivity index (χ4n) is 1.67. The van der Waals surface area contributed by atoms with Crippen molar-refractivity contribution in [3.8, 4) is 0 Å². The predicted molar refractivity (Wildman–Crippen MR) is 60.0 cm³/mol. The molecule has 0 radical (unpaired) electrons. The zero-order valence-corrected chi connectivity index (χ0v) is 8.94. The van der Waals surface area contributed by atoms with E-state index in [9.17, 15) is 9.59 Å². The van der Waals surface area contributed by atoms with Crippen LogP contribution in [0.5, 0.6) is 0 Å². The van der Waals surface area contributed by atoms with E-state index >= 15 is 0 Å². The molecule has 0 aliphatic carbocycles. The second kappa shape index (κ2) is 3.98. The number of aromatic nitrogens is 1. The minimum absolute atomic E-state index is 0.175. The molecule has 16 heavy (non-hydrogen) atoms. The van der Waals surface area contributed by atoms with E-state index in [0.29, 0.717) is 27.8 Å². The lowest BCUT2D eigenvalue weighted by Crippen LogP contribution is -2.07. The van der Waals surface area contributed by atoms with Gasteiger partial charge in [-0.2, -0.15) is 0 Å². The average Bonchev–Trinajstić information content (AvgIpc) is 2.55. The van der Waals surface area contributed by atoms with Crippen molar-refractivity contribution >= 4 is 34.8 Å². The second-order valence-electron chi connectivity index (χ2n) is 3.39. The van der Waals surface area contributed by atoms with Crippen LogP contribution in [-0.2, 0) is 11.3 Å². The standard InChI is InChI=1S/C11H8ClNO3/c12-8-1-2-10-9(3-8)7(6-14)4-13(10)5-11(15)16/h1-4,6H,5H2,(H,15,16). The number of aliphatic carboxylic acids is 1. The van der Waals surface area contributed by atoms with Crippen molar-refractivity contribution in [1.29, 1.82) is 0 Å². The zero-order chi connectivity index (χ0) is 11.7. The van der Waals surface area contributed by atoms with Gasteiger partial charge in [-0.25, -0.2) is 0 Å². The number of rotatable bonds is 3. The number of carbonyl (C=O) groups is 2. The normalized spacial score (nSPS) is 10.6. The van der Waals surface area contributed by atoms with Gasteiger partial charge in [-0.3, -0.25) is 9.59 Å². The van der Waals surface area contributed by atoms with Gasteiger partial charge in [-0.15, -0.1) is 0 Å². The quantitative estimate of drug-likeness (QED) is 0.833. The monoisotopic (exact) mass is 237 g/mol. The highest BCUT2D eigenvalue weighted by Crippen LogP contribution is 2.23. The van der Waals surface area contributed by atoms with Gasteiger partial charge in [0, 0.05) is 27.7 Å². The molecule has 0 saturated carbocycles. The van der Waals surface area contributed by atoms with Crippen LogP contribution < -0.4 is 0 Å². The van der Waals surface area contributed by atoms with E-state index in [1.165, 1.54) is 10.8 Å². The molecule has 0 aliphatic rings. The van der Waals surface area contributed by atoms with E-state index in [0.717, 1.165) is 0 Å². The molecule has 1 aromatic heterocycles. The van der Waals surface area contributed by atoms with Gasteiger partial charge in [0.15, 0.2) is 6.29 Å². The van der Waals surface area contributed by atoms with Crippen LogP contribution in [0.15, 0.2) is 24.4 Å². The van der Waals surface area contributed by atoms with Crippen molar-refractivity contribution in [2.24, 2.45) is 0 Å². The molecule has 1 aromatic carbocycles. The predicted octanol–water partition coefficient (Wildman–Crippen LogP) is 2.19. The molecule has 0 amide bonds. The molecule has 0 saturated heterocycles. The molecular weight excluding hydrogens is 230 g/mol. The van der Waals surface area contributed by atoms with Gasteiger partial charge < -0.3 is 9.67 Å². The first kappa shape index (κ1) is 10.7. The summed E-state index contributed by atoms with van der Waals surface area (Å²) in [7, 11) is 0. The number of hydrogen-bond acceptors (Lipinski definition) is 2. The Kier molecular flexibility index (Phi) is 2.66. The Hall–Kier alpha value is -1.81. The van der Waals surface area contributed by atoms with E-state index in [-0.39, 0.29) is 6.54 Å². The number of aldehydes is 1. The SMILES string of the molecule is O=Cc1cn(CC(=O)O)c2ccc(Cl)cc12. The third-order valence-corrected chi connectivity index (χ3v) is 2.54. The minimum atomic E-state index is -0.954. The van der Waals surface area contributed by atoms with Gasteiger partial charge in [0.1, 0.15) is 6.54 Å². The number of fused-ring (bicyclic) bond motifs is 1. The van der Waals surface area contributed by atoms with Crippen molar-refractivity contribution in [3.63, 3.8) is 0 Å². The van der Waals surface area contributed by atoms with Gasteiger partial charge >= 0.3 is 5.97 Å². The van der Waals surface area contributed by atoms with E-state index < -0.39 is 5.97 Å². The van der Waals surface area contributed by atoms with Crippen LogP contribution in [0, 0.1) is 0 Å². The lowest BCUT2D eigenvalue weighted by Gasteiger charge is -2.00. The first-order valence-corrected chi connectivity index (χ1v) is 4.95. The van der Waals surface area contributed by atoms with Crippen LogP contribution in [0.2, 0.25) is 5.02 Å². The van der Waals surface area contributed by atoms with Gasteiger partial charge in [0.05, 0.1) is 0 Å². The number of benzene rings is 1. The molecule has 1 heterocycles. The highest BCUT2D eigenvalue weighted by molar-refractivity contribution is 6.31. The van der Waals surface area contributed by atoms with Crippen LogP contribution in [0.3, 0.4) is 0 Å². The summed E-state index contributed by atoms with van der Waals surface area (Å²) in [6.07, 6.45) is 2.21. The maximum Gasteiger partial charge on any atom is 0.323 e. The topological polar surface area (TPSA) is 59.3 Å². The molecule has 5 heteroatoms. The zero-order valence-electron chi connectivity index (χ0n) is 8.18. The van der Waals surface area contributed by atoms with Gasteiger partial charge in [-0.1, -0.05) is 11.6 Å². The fraction of sp³-hybridized carbons (Fsp3) is 0.0909. The van der Waals surface area contributed by atoms with Gasteiger partial charge in [-0.05, 0) is 18.2 Å². The Balaban J connectivity index is 2.67. The molecule has 2 aromatic rings. The maximum atomic E-state index is 10.8. The first-order valence-electron chi connectivity index (χ1n) is 4.57. The van der Waals surface area contributed by atoms with Gasteiger partial charge in [0.2, 0.25) is 0 Å². The Morgan fingerprint density at radius 1 is 1.50 bits per heavy atom. The summed E-state index contributed by atoms with van der Waals surface area (Å²) in [4.78, 5) is 21.5. The molecule has 2 rings (SSSR count). The summed E-state index contributed by atoms with van der Waals surface area (Å²) in [6.45, 7) is -0.175. The third kappa shape index (κ3) is 1.79. The van der Waals surface area contributed by atoms with Crippen molar-refractivity contribution in [1.82, 2.24) is 4.57 Å². The van der Waals surface area contributed by atoms with E-state index in [4.69, 9.17) is 16.7 Å². The van der Waals surface area contributed by atoms with Crippen molar-refractivity contribution in [3.05, 3.63) is 35.0 Å². The molecule has 0 spiro atoms. The van der Waals surface area contributed by atoms with Crippen molar-refractivity contribution in [2.45, 2.75) is 6.54 Å². The van der Waals surface area contributed by atoms with Crippen molar-refractivity contribution in [2.75, 3.05) is 0 Å². The largest absolute Gasteiger partial charge is 0.480 e. The van der Waals surface area contributed by atoms with Crippen LogP contribution >= 0.6 is 11.6 Å². The molecule has 0 fully saturated rings. The molecule has 1 N–H and O–H groups in total. The number of nitrogens with zero attached hydrogens (tertiary/aromatic N) is 1. The lowest BCUT2D eigenvalue weighted by atomic mass is 10.2. The summed E-state index contributed by atoms with van der Waals surface area (Å²) in [5, 5.41) is 9.92. The van der Waals surface area contributed by atoms with Gasteiger partial charge in [0.25, 0.3) is 0 Å². The number of halogens is 1. The van der Waals surface area contributed by atoms with Crippen LogP contribution in [0.4, 0.5) is 0 Å². The average molecular weight is 238 g/mol. The maximum absolute atomic E-state index is 10.8. The Morgan fingerprint density at radius 3 is 2.88 bits per heavy atom.